The zero-order chi connectivity index (χ0) is 28.6. The number of pyridine rings is 1. The molecule has 0 unspecified atom stereocenters. The van der Waals surface area contributed by atoms with E-state index in [0.717, 1.165) is 34.3 Å². The number of benzene rings is 1. The fraction of sp³-hybridized carbons (Fsp3) is 0.414. The fourth-order valence-corrected chi connectivity index (χ4v) is 6.42. The van der Waals surface area contributed by atoms with E-state index in [2.05, 4.69) is 28.1 Å². The molecular weight excluding hydrogens is 541 g/mol. The molecule has 1 fully saturated rings. The lowest BCUT2D eigenvalue weighted by atomic mass is 9.98. The molecule has 1 saturated heterocycles. The zero-order valence-corrected chi connectivity index (χ0v) is 23.4. The normalized spacial score (nSPS) is 20.5. The fourth-order valence-electron chi connectivity index (χ4n) is 5.45. The van der Waals surface area contributed by atoms with Crippen LogP contribution in [0.25, 0.3) is 15.7 Å². The molecule has 0 bridgehead atoms. The van der Waals surface area contributed by atoms with Crippen LogP contribution >= 0.6 is 11.3 Å². The molecule has 7 nitrogen and oxygen atoms in total. The number of alkyl halides is 3. The third-order valence-electron chi connectivity index (χ3n) is 7.65. The number of carbonyl (C=O) groups is 2. The Kier molecular flexibility index (Phi) is 7.87. The van der Waals surface area contributed by atoms with Crippen LogP contribution < -0.4 is 4.90 Å². The summed E-state index contributed by atoms with van der Waals surface area (Å²) in [6.07, 6.45) is -0.708. The zero-order valence-electron chi connectivity index (χ0n) is 22.6. The number of nitrogens with zero attached hydrogens (tertiary/aromatic N) is 4. The summed E-state index contributed by atoms with van der Waals surface area (Å²) in [7, 11) is 1.38. The largest absolute Gasteiger partial charge is 0.465 e. The predicted molar refractivity (Wildman–Crippen MR) is 149 cm³/mol. The van der Waals surface area contributed by atoms with Gasteiger partial charge in [0.2, 0.25) is 5.91 Å². The molecule has 0 spiro atoms. The van der Waals surface area contributed by atoms with E-state index in [0.29, 0.717) is 36.9 Å². The maximum atomic E-state index is 13.2. The van der Waals surface area contributed by atoms with Crippen molar-refractivity contribution < 1.29 is 27.5 Å². The van der Waals surface area contributed by atoms with Gasteiger partial charge in [-0.1, -0.05) is 12.1 Å². The van der Waals surface area contributed by atoms with Crippen molar-refractivity contribution in [2.75, 3.05) is 44.7 Å². The summed E-state index contributed by atoms with van der Waals surface area (Å²) in [5.41, 5.74) is 1.50. The van der Waals surface area contributed by atoms with Crippen molar-refractivity contribution >= 4 is 44.7 Å². The number of aromatic nitrogens is 1. The van der Waals surface area contributed by atoms with Crippen molar-refractivity contribution in [1.82, 2.24) is 14.8 Å². The Bertz CT molecular complexity index is 1420. The third kappa shape index (κ3) is 5.85. The summed E-state index contributed by atoms with van der Waals surface area (Å²) in [5.74, 6) is 0.231. The molecule has 2 aromatic heterocycles. The first-order valence-corrected chi connectivity index (χ1v) is 14.0. The van der Waals surface area contributed by atoms with E-state index in [-0.39, 0.29) is 30.5 Å². The van der Waals surface area contributed by atoms with Crippen LogP contribution in [0.5, 0.6) is 0 Å². The van der Waals surface area contributed by atoms with Crippen molar-refractivity contribution in [3.63, 3.8) is 0 Å². The monoisotopic (exact) mass is 572 g/mol. The van der Waals surface area contributed by atoms with E-state index in [4.69, 9.17) is 4.74 Å². The standard InChI is InChI=1S/C29H31F3N4O3S/c1-18-15-35(26-7-5-23(14-33-26)29(30,31)32)16-19(2)36(18)17-27(37)34-10-8-20(9-11-34)21-4-6-24-22(12-21)13-25(40-24)28(38)39-3/h4-8,12-14,18-19H,9-11,15-17H2,1-3H3/t18-,19+. The molecule has 0 N–H and O–H groups in total. The molecule has 0 radical (unpaired) electrons. The van der Waals surface area contributed by atoms with Gasteiger partial charge in [-0.05, 0) is 67.1 Å². The predicted octanol–water partition coefficient (Wildman–Crippen LogP) is 5.32. The molecule has 3 aromatic rings. The van der Waals surface area contributed by atoms with Crippen molar-refractivity contribution in [3.05, 3.63) is 64.7 Å². The van der Waals surface area contributed by atoms with Gasteiger partial charge in [0.05, 0.1) is 19.2 Å². The summed E-state index contributed by atoms with van der Waals surface area (Å²) in [6, 6.07) is 10.5. The van der Waals surface area contributed by atoms with Crippen LogP contribution in [0.4, 0.5) is 19.0 Å². The van der Waals surface area contributed by atoms with Gasteiger partial charge in [0, 0.05) is 49.2 Å². The molecule has 5 rings (SSSR count). The Balaban J connectivity index is 1.19. The second kappa shape index (κ2) is 11.2. The Morgan fingerprint density at radius 1 is 1.10 bits per heavy atom. The van der Waals surface area contributed by atoms with Crippen LogP contribution in [0, 0.1) is 0 Å². The summed E-state index contributed by atoms with van der Waals surface area (Å²) >= 11 is 1.41. The van der Waals surface area contributed by atoms with E-state index in [1.807, 2.05) is 35.8 Å². The van der Waals surface area contributed by atoms with Crippen LogP contribution in [0.15, 0.2) is 48.7 Å². The van der Waals surface area contributed by atoms with Gasteiger partial charge in [0.1, 0.15) is 10.7 Å². The lowest BCUT2D eigenvalue weighted by molar-refractivity contribution is -0.137. The van der Waals surface area contributed by atoms with Gasteiger partial charge in [-0.15, -0.1) is 11.3 Å². The SMILES string of the molecule is COC(=O)c1cc2cc(C3=CCN(C(=O)CN4[C@H](C)CN(c5ccc(C(F)(F)F)cn5)C[C@@H]4C)CC3)ccc2s1. The molecule has 2 atom stereocenters. The minimum atomic E-state index is -4.41. The van der Waals surface area contributed by atoms with Gasteiger partial charge >= 0.3 is 12.1 Å². The molecule has 0 aliphatic carbocycles. The van der Waals surface area contributed by atoms with Gasteiger partial charge < -0.3 is 14.5 Å². The lowest BCUT2D eigenvalue weighted by Crippen LogP contribution is -2.59. The van der Waals surface area contributed by atoms with Gasteiger partial charge in [0.25, 0.3) is 0 Å². The number of carbonyl (C=O) groups excluding carboxylic acids is 2. The highest BCUT2D eigenvalue weighted by atomic mass is 32.1. The Morgan fingerprint density at radius 3 is 2.45 bits per heavy atom. The lowest BCUT2D eigenvalue weighted by Gasteiger charge is -2.45. The topological polar surface area (TPSA) is 66.0 Å². The molecule has 11 heteroatoms. The number of rotatable bonds is 5. The summed E-state index contributed by atoms with van der Waals surface area (Å²) < 4.78 is 44.6. The van der Waals surface area contributed by atoms with Crippen LogP contribution in [0.2, 0.25) is 0 Å². The van der Waals surface area contributed by atoms with E-state index in [9.17, 15) is 22.8 Å². The number of hydrogen-bond donors (Lipinski definition) is 0. The molecule has 2 aliphatic heterocycles. The highest BCUT2D eigenvalue weighted by Gasteiger charge is 2.34. The maximum Gasteiger partial charge on any atom is 0.417 e. The number of methoxy groups -OCH3 is 1. The minimum absolute atomic E-state index is 0.0277. The van der Waals surface area contributed by atoms with Crippen molar-refractivity contribution in [2.24, 2.45) is 0 Å². The van der Waals surface area contributed by atoms with Crippen LogP contribution in [-0.2, 0) is 15.7 Å². The van der Waals surface area contributed by atoms with Gasteiger partial charge in [-0.25, -0.2) is 9.78 Å². The maximum absolute atomic E-state index is 13.2. The number of ether oxygens (including phenoxy) is 1. The number of thiophene rings is 1. The van der Waals surface area contributed by atoms with E-state index in [1.54, 1.807) is 0 Å². The second-order valence-corrected chi connectivity index (χ2v) is 11.4. The number of amides is 1. The van der Waals surface area contributed by atoms with E-state index >= 15 is 0 Å². The summed E-state index contributed by atoms with van der Waals surface area (Å²) in [5, 5.41) is 0.996. The van der Waals surface area contributed by atoms with E-state index < -0.39 is 11.7 Å². The molecular formula is C29H31F3N4O3S. The average Bonchev–Trinajstić information content (AvgIpc) is 3.37. The molecule has 0 saturated carbocycles. The molecule has 4 heterocycles. The van der Waals surface area contributed by atoms with Crippen molar-refractivity contribution in [2.45, 2.75) is 38.5 Å². The second-order valence-electron chi connectivity index (χ2n) is 10.4. The van der Waals surface area contributed by atoms with Crippen LogP contribution in [-0.4, -0.2) is 78.6 Å². The first-order valence-electron chi connectivity index (χ1n) is 13.2. The number of esters is 1. The molecule has 2 aliphatic rings. The van der Waals surface area contributed by atoms with Crippen LogP contribution in [0.1, 0.15) is 41.1 Å². The first kappa shape index (κ1) is 28.1. The van der Waals surface area contributed by atoms with Gasteiger partial charge in [-0.2, -0.15) is 13.2 Å². The highest BCUT2D eigenvalue weighted by molar-refractivity contribution is 7.20. The van der Waals surface area contributed by atoms with Crippen molar-refractivity contribution in [3.8, 4) is 0 Å². The third-order valence-corrected chi connectivity index (χ3v) is 8.75. The number of fused-ring (bicyclic) bond motifs is 1. The summed E-state index contributed by atoms with van der Waals surface area (Å²) in [6.45, 7) is 6.64. The molecule has 1 amide bonds. The van der Waals surface area contributed by atoms with Crippen molar-refractivity contribution in [1.29, 1.82) is 0 Å². The molecule has 1 aromatic carbocycles. The molecule has 212 valence electrons. The van der Waals surface area contributed by atoms with Gasteiger partial charge in [0.15, 0.2) is 0 Å². The Morgan fingerprint density at radius 2 is 1.85 bits per heavy atom. The molecule has 40 heavy (non-hydrogen) atoms. The number of piperazine rings is 1. The average molecular weight is 573 g/mol. The van der Waals surface area contributed by atoms with E-state index in [1.165, 1.54) is 30.1 Å². The Labute approximate surface area is 234 Å². The quantitative estimate of drug-likeness (QED) is 0.386. The Hall–Kier alpha value is -3.44. The number of anilines is 1. The van der Waals surface area contributed by atoms with Crippen LogP contribution in [0.3, 0.4) is 0 Å². The first-order chi connectivity index (χ1) is 19.0. The van der Waals surface area contributed by atoms with Gasteiger partial charge in [-0.3, -0.25) is 9.69 Å². The number of halogens is 3. The summed E-state index contributed by atoms with van der Waals surface area (Å²) in [4.78, 5) is 35.7. The highest BCUT2D eigenvalue weighted by Crippen LogP contribution is 2.32. The smallest absolute Gasteiger partial charge is 0.417 e. The number of hydrogen-bond acceptors (Lipinski definition) is 7. The minimum Gasteiger partial charge on any atom is -0.465 e.